The minimum Gasteiger partial charge on any atom is -0.316 e. The molecule has 2 atom stereocenters. The number of hydrogen-bond acceptors (Lipinski definition) is 1. The highest BCUT2D eigenvalue weighted by Crippen LogP contribution is 2.60. The molecule has 0 radical (unpaired) electrons. The summed E-state index contributed by atoms with van der Waals surface area (Å²) in [4.78, 5) is 0. The predicted molar refractivity (Wildman–Crippen MR) is 85.8 cm³/mol. The number of fused-ring (bicyclic) bond motifs is 1. The fourth-order valence-electron chi connectivity index (χ4n) is 4.24. The Balaban J connectivity index is 1.70. The Kier molecular flexibility index (Phi) is 4.09. The Labute approximate surface area is 128 Å². The van der Waals surface area contributed by atoms with Crippen LogP contribution in [0.1, 0.15) is 44.2 Å². The maximum atomic E-state index is 13.3. The second-order valence-electron chi connectivity index (χ2n) is 7.94. The lowest BCUT2D eigenvalue weighted by atomic mass is 9.76. The predicted octanol–water partition coefficient (Wildman–Crippen LogP) is 4.34. The summed E-state index contributed by atoms with van der Waals surface area (Å²) in [5.74, 6) is 2.54. The molecule has 0 amide bonds. The number of hydrogen-bond donors (Lipinski definition) is 1. The first-order valence-corrected chi connectivity index (χ1v) is 8.43. The van der Waals surface area contributed by atoms with Gasteiger partial charge in [-0.2, -0.15) is 0 Å². The van der Waals surface area contributed by atoms with E-state index in [0.717, 1.165) is 36.9 Å². The van der Waals surface area contributed by atoms with Gasteiger partial charge in [-0.05, 0) is 85.6 Å². The van der Waals surface area contributed by atoms with Crippen LogP contribution < -0.4 is 5.32 Å². The van der Waals surface area contributed by atoms with E-state index in [1.165, 1.54) is 24.8 Å². The van der Waals surface area contributed by atoms with Gasteiger partial charge in [0.05, 0.1) is 0 Å². The summed E-state index contributed by atoms with van der Waals surface area (Å²) in [5.41, 5.74) is 2.85. The zero-order valence-corrected chi connectivity index (χ0v) is 13.6. The molecule has 2 heteroatoms. The fourth-order valence-corrected chi connectivity index (χ4v) is 4.24. The third kappa shape index (κ3) is 3.48. The number of halogens is 1. The van der Waals surface area contributed by atoms with Gasteiger partial charge in [-0.15, -0.1) is 0 Å². The summed E-state index contributed by atoms with van der Waals surface area (Å²) in [6.07, 6.45) is 5.28. The van der Waals surface area contributed by atoms with Crippen molar-refractivity contribution in [2.24, 2.45) is 23.2 Å². The number of rotatable bonds is 6. The normalized spacial score (nSPS) is 30.7. The van der Waals surface area contributed by atoms with Crippen molar-refractivity contribution in [2.45, 2.75) is 46.5 Å². The number of benzene rings is 1. The van der Waals surface area contributed by atoms with Gasteiger partial charge < -0.3 is 5.32 Å². The monoisotopic (exact) mass is 289 g/mol. The highest BCUT2D eigenvalue weighted by Gasteiger charge is 2.53. The molecule has 3 rings (SSSR count). The SMILES string of the molecule is Cc1cc(F)ccc1CC1(CNCC(C)C)CC2CC2C1. The summed E-state index contributed by atoms with van der Waals surface area (Å²) in [5, 5.41) is 3.69. The second kappa shape index (κ2) is 5.72. The van der Waals surface area contributed by atoms with Crippen molar-refractivity contribution in [3.8, 4) is 0 Å². The molecule has 0 bridgehead atoms. The minimum absolute atomic E-state index is 0.113. The summed E-state index contributed by atoms with van der Waals surface area (Å²) in [6, 6.07) is 5.30. The first-order chi connectivity index (χ1) is 9.97. The quantitative estimate of drug-likeness (QED) is 0.821. The maximum absolute atomic E-state index is 13.3. The van der Waals surface area contributed by atoms with Gasteiger partial charge in [0.2, 0.25) is 0 Å². The smallest absolute Gasteiger partial charge is 0.123 e. The van der Waals surface area contributed by atoms with Crippen molar-refractivity contribution in [1.82, 2.24) is 5.32 Å². The van der Waals surface area contributed by atoms with E-state index in [4.69, 9.17) is 0 Å². The molecule has 1 nitrogen and oxygen atoms in total. The van der Waals surface area contributed by atoms with Gasteiger partial charge in [0.25, 0.3) is 0 Å². The van der Waals surface area contributed by atoms with Crippen LogP contribution in [0.5, 0.6) is 0 Å². The Bertz CT molecular complexity index is 498. The third-order valence-electron chi connectivity index (χ3n) is 5.38. The summed E-state index contributed by atoms with van der Waals surface area (Å²) >= 11 is 0. The molecule has 2 saturated carbocycles. The van der Waals surface area contributed by atoms with E-state index in [0.29, 0.717) is 11.3 Å². The van der Waals surface area contributed by atoms with Crippen molar-refractivity contribution >= 4 is 0 Å². The van der Waals surface area contributed by atoms with E-state index in [2.05, 4.69) is 19.2 Å². The third-order valence-corrected chi connectivity index (χ3v) is 5.38. The van der Waals surface area contributed by atoms with Crippen LogP contribution in [0, 0.1) is 35.9 Å². The van der Waals surface area contributed by atoms with Crippen LogP contribution in [0.4, 0.5) is 4.39 Å². The van der Waals surface area contributed by atoms with Crippen molar-refractivity contribution in [3.63, 3.8) is 0 Å². The first kappa shape index (κ1) is 15.0. The van der Waals surface area contributed by atoms with Crippen molar-refractivity contribution in [2.75, 3.05) is 13.1 Å². The van der Waals surface area contributed by atoms with Crippen LogP contribution >= 0.6 is 0 Å². The molecule has 0 aliphatic heterocycles. The molecule has 2 aliphatic carbocycles. The van der Waals surface area contributed by atoms with Crippen LogP contribution in [0.25, 0.3) is 0 Å². The number of nitrogens with one attached hydrogen (secondary N) is 1. The standard InChI is InChI=1S/C19H28FN/c1-13(2)11-21-12-19(9-16-7-17(16)10-19)8-15-4-5-18(20)6-14(15)3/h4-6,13,16-17,21H,7-12H2,1-3H3. The highest BCUT2D eigenvalue weighted by molar-refractivity contribution is 5.28. The largest absolute Gasteiger partial charge is 0.316 e. The van der Waals surface area contributed by atoms with Crippen LogP contribution in [-0.2, 0) is 6.42 Å². The van der Waals surface area contributed by atoms with Gasteiger partial charge in [-0.3, -0.25) is 0 Å². The molecule has 1 aromatic carbocycles. The van der Waals surface area contributed by atoms with Crippen molar-refractivity contribution in [1.29, 1.82) is 0 Å². The lowest BCUT2D eigenvalue weighted by Crippen LogP contribution is -2.37. The van der Waals surface area contributed by atoms with Gasteiger partial charge in [-0.1, -0.05) is 19.9 Å². The molecule has 0 aromatic heterocycles. The summed E-state index contributed by atoms with van der Waals surface area (Å²) < 4.78 is 13.3. The topological polar surface area (TPSA) is 12.0 Å². The Morgan fingerprint density at radius 3 is 2.62 bits per heavy atom. The molecule has 0 spiro atoms. The first-order valence-electron chi connectivity index (χ1n) is 8.43. The van der Waals surface area contributed by atoms with Crippen LogP contribution in [-0.4, -0.2) is 13.1 Å². The number of aryl methyl sites for hydroxylation is 1. The molecule has 21 heavy (non-hydrogen) atoms. The average molecular weight is 289 g/mol. The van der Waals surface area contributed by atoms with E-state index >= 15 is 0 Å². The van der Waals surface area contributed by atoms with Crippen molar-refractivity contribution < 1.29 is 4.39 Å². The van der Waals surface area contributed by atoms with Gasteiger partial charge >= 0.3 is 0 Å². The molecule has 2 aliphatic rings. The Hall–Kier alpha value is -0.890. The second-order valence-corrected chi connectivity index (χ2v) is 7.94. The minimum atomic E-state index is -0.113. The molecule has 0 heterocycles. The average Bonchev–Trinajstić information content (AvgIpc) is 3.01. The molecular weight excluding hydrogens is 261 g/mol. The molecule has 116 valence electrons. The molecule has 1 aromatic rings. The molecule has 0 saturated heterocycles. The van der Waals surface area contributed by atoms with Crippen LogP contribution in [0.2, 0.25) is 0 Å². The summed E-state index contributed by atoms with van der Waals surface area (Å²) in [6.45, 7) is 8.78. The van der Waals surface area contributed by atoms with Gasteiger partial charge in [-0.25, -0.2) is 4.39 Å². The fraction of sp³-hybridized carbons (Fsp3) is 0.684. The van der Waals surface area contributed by atoms with E-state index in [9.17, 15) is 4.39 Å². The molecule has 1 N–H and O–H groups in total. The van der Waals surface area contributed by atoms with E-state index in [1.807, 2.05) is 13.0 Å². The van der Waals surface area contributed by atoms with Gasteiger partial charge in [0, 0.05) is 6.54 Å². The molecular formula is C19H28FN. The Morgan fingerprint density at radius 1 is 1.29 bits per heavy atom. The lowest BCUT2D eigenvalue weighted by Gasteiger charge is -2.32. The van der Waals surface area contributed by atoms with E-state index in [1.54, 1.807) is 12.1 Å². The van der Waals surface area contributed by atoms with Gasteiger partial charge in [0.15, 0.2) is 0 Å². The molecule has 2 unspecified atom stereocenters. The van der Waals surface area contributed by atoms with Crippen LogP contribution in [0.3, 0.4) is 0 Å². The maximum Gasteiger partial charge on any atom is 0.123 e. The van der Waals surface area contributed by atoms with E-state index < -0.39 is 0 Å². The van der Waals surface area contributed by atoms with Crippen LogP contribution in [0.15, 0.2) is 18.2 Å². The molecule has 2 fully saturated rings. The lowest BCUT2D eigenvalue weighted by molar-refractivity contribution is 0.244. The zero-order chi connectivity index (χ0) is 15.0. The van der Waals surface area contributed by atoms with Crippen molar-refractivity contribution in [3.05, 3.63) is 35.1 Å². The highest BCUT2D eigenvalue weighted by atomic mass is 19.1. The Morgan fingerprint density at radius 2 is 2.00 bits per heavy atom. The zero-order valence-electron chi connectivity index (χ0n) is 13.6. The van der Waals surface area contributed by atoms with Gasteiger partial charge in [0.1, 0.15) is 5.82 Å². The summed E-state index contributed by atoms with van der Waals surface area (Å²) in [7, 11) is 0. The van der Waals surface area contributed by atoms with E-state index in [-0.39, 0.29) is 5.82 Å².